The number of carbonyl (C=O) groups excluding carboxylic acids is 2. The van der Waals surface area contributed by atoms with Crippen molar-refractivity contribution in [2.24, 2.45) is 0 Å². The van der Waals surface area contributed by atoms with Gasteiger partial charge in [-0.2, -0.15) is 0 Å². The second-order valence-corrected chi connectivity index (χ2v) is 11.4. The monoisotopic (exact) mass is 455 g/mol. The minimum absolute atomic E-state index is 0.160. The minimum atomic E-state index is -2.97. The Morgan fingerprint density at radius 1 is 0.800 bits per heavy atom. The molecule has 0 spiro atoms. The lowest BCUT2D eigenvalue weighted by molar-refractivity contribution is 0.0651. The number of hydrogen-bond donors (Lipinski definition) is 0. The number of benzene rings is 1. The van der Waals surface area contributed by atoms with Gasteiger partial charge in [-0.05, 0) is 50.2 Å². The van der Waals surface area contributed by atoms with Crippen LogP contribution in [0.1, 0.15) is 85.9 Å². The highest BCUT2D eigenvalue weighted by Gasteiger charge is 2.34. The van der Waals surface area contributed by atoms with Crippen molar-refractivity contribution in [3.05, 3.63) is 35.4 Å². The van der Waals surface area contributed by atoms with E-state index in [1.807, 2.05) is 13.8 Å². The van der Waals surface area contributed by atoms with Crippen LogP contribution in [0.5, 0.6) is 0 Å². The molecular weight excluding hydrogens is 421 g/mol. The standard InChI is InChI=1S/C22H34NO5PS/c1-3-27-29(26,28-4-2)30-18-14-10-8-6-5-7-9-13-17-23-21(24)19-15-11-12-16-20(19)22(23)25/h11-12,15-16H,3-10,13-14,17-18H2,1-2H3. The maximum absolute atomic E-state index is 12.3. The summed E-state index contributed by atoms with van der Waals surface area (Å²) in [6.07, 6.45) is 8.60. The Kier molecular flexibility index (Phi) is 11.1. The summed E-state index contributed by atoms with van der Waals surface area (Å²) in [6.45, 7) is 1.99. The van der Waals surface area contributed by atoms with Crippen molar-refractivity contribution < 1.29 is 23.2 Å². The summed E-state index contributed by atoms with van der Waals surface area (Å²) in [5, 5.41) is 0. The molecule has 0 N–H and O–H groups in total. The molecule has 0 saturated heterocycles. The van der Waals surface area contributed by atoms with Crippen molar-refractivity contribution in [3.63, 3.8) is 0 Å². The zero-order chi connectivity index (χ0) is 21.8. The first-order chi connectivity index (χ1) is 14.5. The van der Waals surface area contributed by atoms with E-state index in [-0.39, 0.29) is 11.8 Å². The molecule has 0 saturated carbocycles. The normalized spacial score (nSPS) is 13.9. The smallest absolute Gasteiger partial charge is 0.301 e. The van der Waals surface area contributed by atoms with Gasteiger partial charge in [0.1, 0.15) is 0 Å². The van der Waals surface area contributed by atoms with E-state index >= 15 is 0 Å². The molecule has 0 unspecified atom stereocenters. The van der Waals surface area contributed by atoms with Gasteiger partial charge >= 0.3 is 6.80 Å². The van der Waals surface area contributed by atoms with E-state index in [4.69, 9.17) is 9.05 Å². The number of hydrogen-bond acceptors (Lipinski definition) is 6. The zero-order valence-corrected chi connectivity index (χ0v) is 19.8. The second-order valence-electron chi connectivity index (χ2n) is 7.25. The maximum atomic E-state index is 12.3. The molecule has 1 aromatic rings. The third-order valence-corrected chi connectivity index (χ3v) is 9.04. The highest BCUT2D eigenvalue weighted by Crippen LogP contribution is 2.60. The van der Waals surface area contributed by atoms with Gasteiger partial charge in [-0.25, -0.2) is 4.57 Å². The van der Waals surface area contributed by atoms with E-state index in [1.54, 1.807) is 24.3 Å². The van der Waals surface area contributed by atoms with Crippen LogP contribution in [0, 0.1) is 0 Å². The summed E-state index contributed by atoms with van der Waals surface area (Å²) in [6, 6.07) is 7.03. The lowest BCUT2D eigenvalue weighted by Gasteiger charge is -2.15. The van der Waals surface area contributed by atoms with E-state index in [9.17, 15) is 14.2 Å². The van der Waals surface area contributed by atoms with E-state index in [0.29, 0.717) is 30.9 Å². The molecule has 0 radical (unpaired) electrons. The number of fused-ring (bicyclic) bond motifs is 1. The summed E-state index contributed by atoms with van der Waals surface area (Å²) in [5.41, 5.74) is 1.05. The van der Waals surface area contributed by atoms with Crippen LogP contribution in [-0.2, 0) is 13.6 Å². The van der Waals surface area contributed by atoms with Gasteiger partial charge in [0, 0.05) is 12.3 Å². The Balaban J connectivity index is 1.48. The number of rotatable bonds is 16. The molecule has 1 aliphatic rings. The second kappa shape index (κ2) is 13.3. The van der Waals surface area contributed by atoms with Gasteiger partial charge in [-0.1, -0.05) is 50.7 Å². The van der Waals surface area contributed by atoms with Crippen molar-refractivity contribution in [1.29, 1.82) is 0 Å². The molecule has 0 fully saturated rings. The SMILES string of the molecule is CCOP(=O)(OCC)SCCCCCCCCCCN1C(=O)c2ccccc2C1=O. The van der Waals surface area contributed by atoms with Crippen LogP contribution in [0.3, 0.4) is 0 Å². The Hall–Kier alpha value is -1.14. The molecule has 6 nitrogen and oxygen atoms in total. The fraction of sp³-hybridized carbons (Fsp3) is 0.636. The fourth-order valence-electron chi connectivity index (χ4n) is 3.48. The molecule has 2 rings (SSSR count). The molecule has 0 bridgehead atoms. The number of nitrogens with zero attached hydrogens (tertiary/aromatic N) is 1. The Morgan fingerprint density at radius 2 is 1.27 bits per heavy atom. The molecule has 2 amide bonds. The van der Waals surface area contributed by atoms with Crippen molar-refractivity contribution in [2.75, 3.05) is 25.5 Å². The van der Waals surface area contributed by atoms with E-state index in [2.05, 4.69) is 0 Å². The quantitative estimate of drug-likeness (QED) is 0.165. The Morgan fingerprint density at radius 3 is 1.77 bits per heavy atom. The largest absolute Gasteiger partial charge is 0.389 e. The van der Waals surface area contributed by atoms with Gasteiger partial charge in [0.15, 0.2) is 0 Å². The summed E-state index contributed by atoms with van der Waals surface area (Å²) >= 11 is 1.31. The number of unbranched alkanes of at least 4 members (excludes halogenated alkanes) is 7. The molecular formula is C22H34NO5PS. The van der Waals surface area contributed by atoms with Crippen LogP contribution in [0.15, 0.2) is 24.3 Å². The third-order valence-electron chi connectivity index (χ3n) is 4.98. The number of carbonyl (C=O) groups is 2. The summed E-state index contributed by atoms with van der Waals surface area (Å²) in [5.74, 6) is 0.468. The lowest BCUT2D eigenvalue weighted by atomic mass is 10.1. The van der Waals surface area contributed by atoms with Crippen molar-refractivity contribution in [3.8, 4) is 0 Å². The van der Waals surface area contributed by atoms with Gasteiger partial charge < -0.3 is 9.05 Å². The van der Waals surface area contributed by atoms with Crippen LogP contribution in [0.2, 0.25) is 0 Å². The van der Waals surface area contributed by atoms with Crippen LogP contribution in [0.25, 0.3) is 0 Å². The molecule has 0 aliphatic carbocycles. The highest BCUT2D eigenvalue weighted by atomic mass is 32.7. The topological polar surface area (TPSA) is 72.9 Å². The molecule has 1 heterocycles. The predicted molar refractivity (Wildman–Crippen MR) is 122 cm³/mol. The van der Waals surface area contributed by atoms with E-state index in [1.165, 1.54) is 22.7 Å². The van der Waals surface area contributed by atoms with Crippen molar-refractivity contribution in [2.45, 2.75) is 65.2 Å². The summed E-state index contributed by atoms with van der Waals surface area (Å²) in [4.78, 5) is 26.0. The first-order valence-electron chi connectivity index (χ1n) is 11.0. The molecule has 168 valence electrons. The van der Waals surface area contributed by atoms with Crippen molar-refractivity contribution >= 4 is 30.0 Å². The third kappa shape index (κ3) is 7.52. The van der Waals surface area contributed by atoms with Crippen LogP contribution in [0.4, 0.5) is 0 Å². The van der Waals surface area contributed by atoms with Gasteiger partial charge in [0.05, 0.1) is 24.3 Å². The number of imide groups is 1. The fourth-order valence-corrected chi connectivity index (χ4v) is 7.03. The number of amides is 2. The van der Waals surface area contributed by atoms with Crippen molar-refractivity contribution in [1.82, 2.24) is 4.90 Å². The first-order valence-corrected chi connectivity index (χ1v) is 14.1. The van der Waals surface area contributed by atoms with Gasteiger partial charge in [-0.3, -0.25) is 14.5 Å². The van der Waals surface area contributed by atoms with E-state index < -0.39 is 6.80 Å². The first kappa shape index (κ1) is 25.1. The van der Waals surface area contributed by atoms with Gasteiger partial charge in [0.2, 0.25) is 0 Å². The molecule has 0 aromatic heterocycles. The molecule has 1 aliphatic heterocycles. The zero-order valence-electron chi connectivity index (χ0n) is 18.1. The predicted octanol–water partition coefficient (Wildman–Crippen LogP) is 6.32. The molecule has 30 heavy (non-hydrogen) atoms. The van der Waals surface area contributed by atoms with Crippen LogP contribution >= 0.6 is 18.2 Å². The summed E-state index contributed by atoms with van der Waals surface area (Å²) < 4.78 is 22.9. The molecule has 1 aromatic carbocycles. The molecule has 0 atom stereocenters. The van der Waals surface area contributed by atoms with Crippen LogP contribution < -0.4 is 0 Å². The van der Waals surface area contributed by atoms with Gasteiger partial charge in [0.25, 0.3) is 11.8 Å². The van der Waals surface area contributed by atoms with Crippen LogP contribution in [-0.4, -0.2) is 42.2 Å². The maximum Gasteiger partial charge on any atom is 0.389 e. The minimum Gasteiger partial charge on any atom is -0.301 e. The summed E-state index contributed by atoms with van der Waals surface area (Å²) in [7, 11) is 0. The lowest BCUT2D eigenvalue weighted by Crippen LogP contribution is -2.30. The Labute approximate surface area is 184 Å². The average Bonchev–Trinajstić information content (AvgIpc) is 2.97. The average molecular weight is 456 g/mol. The van der Waals surface area contributed by atoms with E-state index in [0.717, 1.165) is 50.7 Å². The Bertz CT molecular complexity index is 697. The van der Waals surface area contributed by atoms with Gasteiger partial charge in [-0.15, -0.1) is 0 Å². The highest BCUT2D eigenvalue weighted by molar-refractivity contribution is 8.55. The molecule has 8 heteroatoms.